The van der Waals surface area contributed by atoms with E-state index < -0.39 is 0 Å². The molecule has 6 heteroatoms. The van der Waals surface area contributed by atoms with Crippen molar-refractivity contribution in [3.05, 3.63) is 24.0 Å². The molecule has 0 aliphatic carbocycles. The van der Waals surface area contributed by atoms with Crippen LogP contribution in [0.2, 0.25) is 0 Å². The second-order valence-electron chi connectivity index (χ2n) is 5.09. The number of carbonyl (C=O) groups is 2. The van der Waals surface area contributed by atoms with Crippen LogP contribution in [0.1, 0.15) is 25.8 Å². The molecule has 0 spiro atoms. The molecule has 0 aliphatic heterocycles. The van der Waals surface area contributed by atoms with Gasteiger partial charge in [0.2, 0.25) is 5.91 Å². The van der Waals surface area contributed by atoms with Gasteiger partial charge in [0.05, 0.1) is 0 Å². The van der Waals surface area contributed by atoms with Gasteiger partial charge < -0.3 is 20.5 Å². The summed E-state index contributed by atoms with van der Waals surface area (Å²) in [5.41, 5.74) is 1.06. The van der Waals surface area contributed by atoms with Crippen LogP contribution in [-0.2, 0) is 18.4 Å². The van der Waals surface area contributed by atoms with Crippen LogP contribution in [0.4, 0.5) is 4.79 Å². The quantitative estimate of drug-likeness (QED) is 0.651. The molecule has 0 radical (unpaired) electrons. The van der Waals surface area contributed by atoms with Crippen molar-refractivity contribution in [3.8, 4) is 0 Å². The van der Waals surface area contributed by atoms with Gasteiger partial charge in [-0.1, -0.05) is 13.8 Å². The van der Waals surface area contributed by atoms with Gasteiger partial charge in [0.15, 0.2) is 0 Å². The molecule has 0 aromatic carbocycles. The maximum Gasteiger partial charge on any atom is 0.315 e. The Labute approximate surface area is 119 Å². The minimum Gasteiger partial charge on any atom is -0.357 e. The molecule has 0 saturated carbocycles. The molecule has 20 heavy (non-hydrogen) atoms. The van der Waals surface area contributed by atoms with Crippen LogP contribution in [0.25, 0.3) is 0 Å². The molecule has 0 saturated heterocycles. The van der Waals surface area contributed by atoms with Crippen LogP contribution in [0.3, 0.4) is 0 Å². The van der Waals surface area contributed by atoms with E-state index in [9.17, 15) is 9.59 Å². The average Bonchev–Trinajstić information content (AvgIpc) is 2.81. The Bertz CT molecular complexity index is 440. The van der Waals surface area contributed by atoms with Gasteiger partial charge in [-0.2, -0.15) is 0 Å². The number of amides is 3. The third-order valence-corrected chi connectivity index (χ3v) is 2.81. The number of hydrogen-bond acceptors (Lipinski definition) is 2. The topological polar surface area (TPSA) is 75.2 Å². The lowest BCUT2D eigenvalue weighted by molar-refractivity contribution is -0.123. The zero-order chi connectivity index (χ0) is 15.0. The van der Waals surface area contributed by atoms with Crippen molar-refractivity contribution < 1.29 is 9.59 Å². The molecule has 3 N–H and O–H groups in total. The van der Waals surface area contributed by atoms with E-state index in [2.05, 4.69) is 16.0 Å². The van der Waals surface area contributed by atoms with Gasteiger partial charge in [-0.05, 0) is 18.1 Å². The van der Waals surface area contributed by atoms with E-state index in [1.54, 1.807) is 0 Å². The smallest absolute Gasteiger partial charge is 0.315 e. The van der Waals surface area contributed by atoms with Crippen molar-refractivity contribution in [2.45, 2.75) is 26.8 Å². The van der Waals surface area contributed by atoms with Gasteiger partial charge in [0.25, 0.3) is 0 Å². The van der Waals surface area contributed by atoms with E-state index >= 15 is 0 Å². The van der Waals surface area contributed by atoms with Crippen molar-refractivity contribution in [2.24, 2.45) is 13.0 Å². The molecule has 0 bridgehead atoms. The Morgan fingerprint density at radius 1 is 1.20 bits per heavy atom. The lowest BCUT2D eigenvalue weighted by Gasteiger charge is -2.09. The van der Waals surface area contributed by atoms with Gasteiger partial charge in [0.1, 0.15) is 0 Å². The number of nitrogens with zero attached hydrogens (tertiary/aromatic N) is 1. The molecule has 112 valence electrons. The fourth-order valence-electron chi connectivity index (χ4n) is 1.62. The first-order valence-electron chi connectivity index (χ1n) is 6.89. The number of hydrogen-bond donors (Lipinski definition) is 3. The Balaban J connectivity index is 2.04. The fourth-order valence-corrected chi connectivity index (χ4v) is 1.62. The number of carbonyl (C=O) groups excluding carboxylic acids is 2. The first kappa shape index (κ1) is 16.1. The van der Waals surface area contributed by atoms with Crippen molar-refractivity contribution in [3.63, 3.8) is 0 Å². The van der Waals surface area contributed by atoms with Crippen LogP contribution < -0.4 is 16.0 Å². The highest BCUT2D eigenvalue weighted by molar-refractivity contribution is 5.77. The zero-order valence-electron chi connectivity index (χ0n) is 12.4. The van der Waals surface area contributed by atoms with E-state index in [0.29, 0.717) is 19.6 Å². The van der Waals surface area contributed by atoms with Crippen molar-refractivity contribution in [2.75, 3.05) is 13.1 Å². The van der Waals surface area contributed by atoms with E-state index in [1.807, 2.05) is 43.9 Å². The highest BCUT2D eigenvalue weighted by atomic mass is 16.2. The van der Waals surface area contributed by atoms with E-state index in [1.165, 1.54) is 0 Å². The number of nitrogens with one attached hydrogen (secondary N) is 3. The lowest BCUT2D eigenvalue weighted by Crippen LogP contribution is -2.37. The molecular formula is C14H24N4O2. The molecule has 1 aromatic heterocycles. The van der Waals surface area contributed by atoms with Crippen LogP contribution in [0.15, 0.2) is 18.5 Å². The summed E-state index contributed by atoms with van der Waals surface area (Å²) in [6, 6.07) is 1.77. The monoisotopic (exact) mass is 280 g/mol. The van der Waals surface area contributed by atoms with Gasteiger partial charge >= 0.3 is 6.03 Å². The Morgan fingerprint density at radius 2 is 1.90 bits per heavy atom. The maximum atomic E-state index is 11.5. The SMILES string of the molecule is CC(C)C(=O)NCCCNC(=O)NCc1ccn(C)c1. The summed E-state index contributed by atoms with van der Waals surface area (Å²) in [5.74, 6) is 0.0376. The van der Waals surface area contributed by atoms with Crippen LogP contribution in [0.5, 0.6) is 0 Å². The van der Waals surface area contributed by atoms with E-state index in [0.717, 1.165) is 12.0 Å². The van der Waals surface area contributed by atoms with E-state index in [-0.39, 0.29) is 17.9 Å². The Kier molecular flexibility index (Phi) is 6.63. The van der Waals surface area contributed by atoms with Gasteiger partial charge in [-0.25, -0.2) is 4.79 Å². The summed E-state index contributed by atoms with van der Waals surface area (Å²) in [4.78, 5) is 22.8. The first-order chi connectivity index (χ1) is 9.49. The van der Waals surface area contributed by atoms with E-state index in [4.69, 9.17) is 0 Å². The Hall–Kier alpha value is -1.98. The average molecular weight is 280 g/mol. The third kappa shape index (κ3) is 6.26. The second-order valence-corrected chi connectivity index (χ2v) is 5.09. The van der Waals surface area contributed by atoms with Crippen LogP contribution in [0, 0.1) is 5.92 Å². The Morgan fingerprint density at radius 3 is 2.50 bits per heavy atom. The van der Waals surface area contributed by atoms with Crippen LogP contribution >= 0.6 is 0 Å². The summed E-state index contributed by atoms with van der Waals surface area (Å²) in [7, 11) is 1.94. The predicted octanol–water partition coefficient (Wildman–Crippen LogP) is 0.987. The minimum absolute atomic E-state index is 0.00266. The van der Waals surface area contributed by atoms with Crippen molar-refractivity contribution in [1.82, 2.24) is 20.5 Å². The van der Waals surface area contributed by atoms with Gasteiger partial charge in [-0.15, -0.1) is 0 Å². The van der Waals surface area contributed by atoms with Crippen molar-refractivity contribution in [1.29, 1.82) is 0 Å². The summed E-state index contributed by atoms with van der Waals surface area (Å²) in [5, 5.41) is 8.34. The predicted molar refractivity (Wildman–Crippen MR) is 78.1 cm³/mol. The minimum atomic E-state index is -0.191. The molecule has 6 nitrogen and oxygen atoms in total. The fraction of sp³-hybridized carbons (Fsp3) is 0.571. The van der Waals surface area contributed by atoms with Crippen molar-refractivity contribution >= 4 is 11.9 Å². The second kappa shape index (κ2) is 8.24. The molecule has 1 aromatic rings. The molecular weight excluding hydrogens is 256 g/mol. The summed E-state index contributed by atoms with van der Waals surface area (Å²) < 4.78 is 1.94. The highest BCUT2D eigenvalue weighted by Gasteiger charge is 2.05. The molecule has 1 heterocycles. The molecule has 0 aliphatic rings. The molecule has 0 atom stereocenters. The molecule has 1 rings (SSSR count). The lowest BCUT2D eigenvalue weighted by atomic mass is 10.2. The summed E-state index contributed by atoms with van der Waals surface area (Å²) >= 11 is 0. The van der Waals surface area contributed by atoms with Crippen LogP contribution in [-0.4, -0.2) is 29.6 Å². The standard InChI is InChI=1S/C14H24N4O2/c1-11(2)13(19)15-6-4-7-16-14(20)17-9-12-5-8-18(3)10-12/h5,8,10-11H,4,6-7,9H2,1-3H3,(H,15,19)(H2,16,17,20). The summed E-state index contributed by atoms with van der Waals surface area (Å²) in [6.45, 7) is 5.33. The number of aryl methyl sites for hydroxylation is 1. The van der Waals surface area contributed by atoms with Gasteiger partial charge in [0, 0.05) is 45.0 Å². The number of aromatic nitrogens is 1. The van der Waals surface area contributed by atoms with Gasteiger partial charge in [-0.3, -0.25) is 4.79 Å². The number of urea groups is 1. The summed E-state index contributed by atoms with van der Waals surface area (Å²) in [6.07, 6.45) is 4.62. The molecule has 3 amide bonds. The highest BCUT2D eigenvalue weighted by Crippen LogP contribution is 1.98. The normalized spacial score (nSPS) is 10.4. The number of rotatable bonds is 7. The largest absolute Gasteiger partial charge is 0.357 e. The first-order valence-corrected chi connectivity index (χ1v) is 6.89. The molecule has 0 unspecified atom stereocenters. The third-order valence-electron chi connectivity index (χ3n) is 2.81. The maximum absolute atomic E-state index is 11.5. The zero-order valence-corrected chi connectivity index (χ0v) is 12.4. The molecule has 0 fully saturated rings.